The molecule has 4 rings (SSSR count). The number of carbonyl (C=O) groups excluding carboxylic acids is 1. The minimum absolute atomic E-state index is 0.143. The number of para-hydroxylation sites is 3. The van der Waals surface area contributed by atoms with Gasteiger partial charge in [-0.3, -0.25) is 14.2 Å². The first-order valence-corrected chi connectivity index (χ1v) is 9.18. The minimum Gasteiger partial charge on any atom is -0.455 e. The Labute approximate surface area is 167 Å². The van der Waals surface area contributed by atoms with Gasteiger partial charge in [0.15, 0.2) is 5.75 Å². The highest BCUT2D eigenvalue weighted by molar-refractivity contribution is 5.92. The lowest BCUT2D eigenvalue weighted by atomic mass is 10.2. The van der Waals surface area contributed by atoms with Crippen LogP contribution >= 0.6 is 0 Å². The van der Waals surface area contributed by atoms with Crippen molar-refractivity contribution in [3.05, 3.63) is 95.0 Å². The lowest BCUT2D eigenvalue weighted by molar-refractivity contribution is -0.116. The Hall–Kier alpha value is -3.93. The number of fused-ring (bicyclic) bond motifs is 1. The second kappa shape index (κ2) is 7.98. The molecule has 1 amide bonds. The van der Waals surface area contributed by atoms with Gasteiger partial charge in [0.25, 0.3) is 5.56 Å². The van der Waals surface area contributed by atoms with E-state index in [1.807, 2.05) is 43.3 Å². The van der Waals surface area contributed by atoms with Gasteiger partial charge in [0, 0.05) is 0 Å². The Bertz CT molecular complexity index is 1230. The van der Waals surface area contributed by atoms with Gasteiger partial charge in [0.1, 0.15) is 12.3 Å². The summed E-state index contributed by atoms with van der Waals surface area (Å²) in [4.78, 5) is 29.4. The van der Waals surface area contributed by atoms with Crippen LogP contribution in [0.25, 0.3) is 10.9 Å². The highest BCUT2D eigenvalue weighted by Gasteiger charge is 2.11. The van der Waals surface area contributed by atoms with E-state index < -0.39 is 0 Å². The van der Waals surface area contributed by atoms with Crippen molar-refractivity contribution in [1.82, 2.24) is 9.55 Å². The molecule has 0 unspecified atom stereocenters. The van der Waals surface area contributed by atoms with Gasteiger partial charge in [-0.25, -0.2) is 4.98 Å². The van der Waals surface area contributed by atoms with E-state index in [0.29, 0.717) is 28.1 Å². The molecule has 4 aromatic rings. The van der Waals surface area contributed by atoms with Crippen LogP contribution in [0.15, 0.2) is 83.9 Å². The van der Waals surface area contributed by atoms with Crippen LogP contribution in [0.5, 0.6) is 11.5 Å². The number of anilines is 1. The van der Waals surface area contributed by atoms with E-state index >= 15 is 0 Å². The lowest BCUT2D eigenvalue weighted by Crippen LogP contribution is -2.28. The third-order valence-electron chi connectivity index (χ3n) is 4.46. The van der Waals surface area contributed by atoms with E-state index in [-0.39, 0.29) is 18.0 Å². The van der Waals surface area contributed by atoms with E-state index in [4.69, 9.17) is 4.74 Å². The van der Waals surface area contributed by atoms with Gasteiger partial charge < -0.3 is 10.1 Å². The summed E-state index contributed by atoms with van der Waals surface area (Å²) in [6, 6.07) is 21.9. The van der Waals surface area contributed by atoms with Crippen LogP contribution in [0.3, 0.4) is 0 Å². The van der Waals surface area contributed by atoms with Gasteiger partial charge >= 0.3 is 0 Å². The molecule has 0 aliphatic heterocycles. The summed E-state index contributed by atoms with van der Waals surface area (Å²) in [5, 5.41) is 3.29. The number of rotatable bonds is 5. The summed E-state index contributed by atoms with van der Waals surface area (Å²) in [6.07, 6.45) is 1.39. The topological polar surface area (TPSA) is 73.2 Å². The van der Waals surface area contributed by atoms with Crippen molar-refractivity contribution < 1.29 is 9.53 Å². The number of aryl methyl sites for hydroxylation is 1. The number of ether oxygens (including phenoxy) is 1. The average molecular weight is 385 g/mol. The SMILES string of the molecule is Cc1ccc(Oc2ccccc2NC(=O)Cn2cnc3ccccc3c2=O)cc1. The Morgan fingerprint density at radius 3 is 2.55 bits per heavy atom. The van der Waals surface area contributed by atoms with Crippen LogP contribution in [0, 0.1) is 6.92 Å². The standard InChI is InChI=1S/C23H19N3O3/c1-16-10-12-17(13-11-16)29-21-9-5-4-8-20(21)25-22(27)14-26-15-24-19-7-3-2-6-18(19)23(26)28/h2-13,15H,14H2,1H3,(H,25,27). The zero-order valence-electron chi connectivity index (χ0n) is 15.8. The first-order valence-electron chi connectivity index (χ1n) is 9.18. The highest BCUT2D eigenvalue weighted by atomic mass is 16.5. The number of aromatic nitrogens is 2. The fourth-order valence-electron chi connectivity index (χ4n) is 2.96. The predicted molar refractivity (Wildman–Crippen MR) is 112 cm³/mol. The van der Waals surface area contributed by atoms with Crippen LogP contribution < -0.4 is 15.6 Å². The van der Waals surface area contributed by atoms with Crippen LogP contribution in [0.1, 0.15) is 5.56 Å². The van der Waals surface area contributed by atoms with Crippen molar-refractivity contribution in [1.29, 1.82) is 0 Å². The lowest BCUT2D eigenvalue weighted by Gasteiger charge is -2.13. The maximum Gasteiger partial charge on any atom is 0.261 e. The Morgan fingerprint density at radius 2 is 1.72 bits per heavy atom. The van der Waals surface area contributed by atoms with Gasteiger partial charge in [-0.05, 0) is 43.3 Å². The van der Waals surface area contributed by atoms with E-state index in [1.54, 1.807) is 36.4 Å². The molecule has 0 radical (unpaired) electrons. The molecule has 0 spiro atoms. The van der Waals surface area contributed by atoms with Gasteiger partial charge in [-0.2, -0.15) is 0 Å². The first-order chi connectivity index (χ1) is 14.1. The van der Waals surface area contributed by atoms with Gasteiger partial charge in [0.2, 0.25) is 5.91 Å². The molecule has 0 aliphatic carbocycles. The maximum atomic E-state index is 12.6. The number of hydrogen-bond donors (Lipinski definition) is 1. The van der Waals surface area contributed by atoms with Crippen molar-refractivity contribution in [3.8, 4) is 11.5 Å². The number of carbonyl (C=O) groups is 1. The molecular formula is C23H19N3O3. The van der Waals surface area contributed by atoms with E-state index in [1.165, 1.54) is 10.9 Å². The summed E-state index contributed by atoms with van der Waals surface area (Å²) < 4.78 is 7.19. The molecule has 0 saturated carbocycles. The number of nitrogens with one attached hydrogen (secondary N) is 1. The molecule has 144 valence electrons. The van der Waals surface area contributed by atoms with Crippen molar-refractivity contribution in [2.24, 2.45) is 0 Å². The summed E-state index contributed by atoms with van der Waals surface area (Å²) >= 11 is 0. The molecule has 1 heterocycles. The maximum absolute atomic E-state index is 12.6. The molecule has 1 N–H and O–H groups in total. The molecule has 6 heteroatoms. The fourth-order valence-corrected chi connectivity index (χ4v) is 2.96. The molecule has 0 aliphatic rings. The normalized spacial score (nSPS) is 10.7. The second-order valence-electron chi connectivity index (χ2n) is 6.65. The summed E-state index contributed by atoms with van der Waals surface area (Å²) in [6.45, 7) is 1.86. The molecule has 1 aromatic heterocycles. The van der Waals surface area contributed by atoms with Crippen molar-refractivity contribution in [3.63, 3.8) is 0 Å². The molecule has 29 heavy (non-hydrogen) atoms. The largest absolute Gasteiger partial charge is 0.455 e. The predicted octanol–water partition coefficient (Wildman–Crippen LogP) is 4.14. The zero-order valence-corrected chi connectivity index (χ0v) is 15.8. The van der Waals surface area contributed by atoms with Crippen molar-refractivity contribution in [2.75, 3.05) is 5.32 Å². The Morgan fingerprint density at radius 1 is 1.00 bits per heavy atom. The number of hydrogen-bond acceptors (Lipinski definition) is 4. The Balaban J connectivity index is 1.53. The zero-order chi connectivity index (χ0) is 20.2. The summed E-state index contributed by atoms with van der Waals surface area (Å²) in [5.41, 5.74) is 2.01. The van der Waals surface area contributed by atoms with Gasteiger partial charge in [-0.15, -0.1) is 0 Å². The fraction of sp³-hybridized carbons (Fsp3) is 0.0870. The second-order valence-corrected chi connectivity index (χ2v) is 6.65. The van der Waals surface area contributed by atoms with Crippen LogP contribution in [-0.2, 0) is 11.3 Å². The molecule has 0 bridgehead atoms. The van der Waals surface area contributed by atoms with Crippen molar-refractivity contribution >= 4 is 22.5 Å². The van der Waals surface area contributed by atoms with Crippen LogP contribution in [-0.4, -0.2) is 15.5 Å². The minimum atomic E-state index is -0.343. The Kier molecular flexibility index (Phi) is 5.07. The third kappa shape index (κ3) is 4.16. The van der Waals surface area contributed by atoms with Gasteiger partial charge in [0.05, 0.1) is 22.9 Å². The summed E-state index contributed by atoms with van der Waals surface area (Å²) in [7, 11) is 0. The first kappa shape index (κ1) is 18.4. The monoisotopic (exact) mass is 385 g/mol. The molecular weight excluding hydrogens is 366 g/mol. The molecule has 0 saturated heterocycles. The smallest absolute Gasteiger partial charge is 0.261 e. The molecule has 3 aromatic carbocycles. The third-order valence-corrected chi connectivity index (χ3v) is 4.46. The summed E-state index contributed by atoms with van der Waals surface area (Å²) in [5.74, 6) is 0.852. The van der Waals surface area contributed by atoms with Crippen LogP contribution in [0.2, 0.25) is 0 Å². The van der Waals surface area contributed by atoms with E-state index in [2.05, 4.69) is 10.3 Å². The van der Waals surface area contributed by atoms with E-state index in [0.717, 1.165) is 5.56 Å². The highest BCUT2D eigenvalue weighted by Crippen LogP contribution is 2.29. The van der Waals surface area contributed by atoms with E-state index in [9.17, 15) is 9.59 Å². The molecule has 6 nitrogen and oxygen atoms in total. The number of nitrogens with zero attached hydrogens (tertiary/aromatic N) is 2. The van der Waals surface area contributed by atoms with Gasteiger partial charge in [-0.1, -0.05) is 42.0 Å². The van der Waals surface area contributed by atoms with Crippen molar-refractivity contribution in [2.45, 2.75) is 13.5 Å². The number of benzene rings is 3. The molecule has 0 atom stereocenters. The molecule has 0 fully saturated rings. The average Bonchev–Trinajstić information content (AvgIpc) is 2.73. The number of amides is 1. The van der Waals surface area contributed by atoms with Crippen LogP contribution in [0.4, 0.5) is 5.69 Å². The quantitative estimate of drug-likeness (QED) is 0.560.